The number of aliphatic hydroxyl groups excluding tert-OH is 1. The highest BCUT2D eigenvalue weighted by molar-refractivity contribution is 7.13. The van der Waals surface area contributed by atoms with Crippen LogP contribution in [0.3, 0.4) is 0 Å². The molecule has 32 heavy (non-hydrogen) atoms. The molecule has 2 bridgehead atoms. The van der Waals surface area contributed by atoms with E-state index in [-0.39, 0.29) is 29.2 Å². The van der Waals surface area contributed by atoms with Crippen molar-refractivity contribution in [2.45, 2.75) is 43.8 Å². The molecule has 172 valence electrons. The highest BCUT2D eigenvalue weighted by Gasteiger charge is 2.39. The van der Waals surface area contributed by atoms with Gasteiger partial charge in [-0.25, -0.2) is 13.8 Å². The van der Waals surface area contributed by atoms with E-state index in [0.29, 0.717) is 18.1 Å². The maximum Gasteiger partial charge on any atom is 0.573 e. The molecule has 1 aromatic carbocycles. The highest BCUT2D eigenvalue weighted by atomic mass is 32.1. The van der Waals surface area contributed by atoms with E-state index in [0.717, 1.165) is 30.2 Å². The number of piperazine rings is 1. The first kappa shape index (κ1) is 21.3. The van der Waals surface area contributed by atoms with Gasteiger partial charge >= 0.3 is 6.36 Å². The van der Waals surface area contributed by atoms with Gasteiger partial charge in [-0.1, -0.05) is 0 Å². The molecular weight excluding hydrogens is 459 g/mol. The number of hydrogen-bond acceptors (Lipinski definition) is 8. The van der Waals surface area contributed by atoms with E-state index in [1.807, 2.05) is 4.90 Å². The number of aliphatic hydroxyl groups is 1. The summed E-state index contributed by atoms with van der Waals surface area (Å²) in [7, 11) is 0. The van der Waals surface area contributed by atoms with E-state index < -0.39 is 35.7 Å². The van der Waals surface area contributed by atoms with Crippen LogP contribution in [-0.2, 0) is 0 Å². The Bertz CT molecular complexity index is 1110. The lowest BCUT2D eigenvalue weighted by atomic mass is 10.0. The molecule has 0 aliphatic carbocycles. The Morgan fingerprint density at radius 3 is 2.56 bits per heavy atom. The summed E-state index contributed by atoms with van der Waals surface area (Å²) in [6.45, 7) is 1.08. The fourth-order valence-electron chi connectivity index (χ4n) is 4.25. The molecule has 2 aliphatic rings. The van der Waals surface area contributed by atoms with Crippen LogP contribution < -0.4 is 15.0 Å². The zero-order valence-electron chi connectivity index (χ0n) is 16.3. The van der Waals surface area contributed by atoms with Crippen molar-refractivity contribution in [2.24, 2.45) is 0 Å². The third-order valence-electron chi connectivity index (χ3n) is 5.56. The van der Waals surface area contributed by atoms with Gasteiger partial charge in [-0.05, 0) is 18.9 Å². The van der Waals surface area contributed by atoms with Crippen LogP contribution in [0, 0.1) is 0 Å². The van der Waals surface area contributed by atoms with Gasteiger partial charge in [-0.2, -0.15) is 4.98 Å². The van der Waals surface area contributed by atoms with Crippen molar-refractivity contribution < 1.29 is 36.2 Å². The highest BCUT2D eigenvalue weighted by Crippen LogP contribution is 2.45. The first-order chi connectivity index (χ1) is 15.2. The predicted molar refractivity (Wildman–Crippen MR) is 105 cm³/mol. The van der Waals surface area contributed by atoms with Crippen LogP contribution >= 0.6 is 11.3 Å². The third-order valence-corrected chi connectivity index (χ3v) is 6.37. The summed E-state index contributed by atoms with van der Waals surface area (Å²) in [5.41, 5.74) is -1.07. The second kappa shape index (κ2) is 7.81. The van der Waals surface area contributed by atoms with Crippen molar-refractivity contribution in [3.05, 3.63) is 23.2 Å². The van der Waals surface area contributed by atoms with E-state index >= 15 is 0 Å². The predicted octanol–water partition coefficient (Wildman–Crippen LogP) is 4.09. The van der Waals surface area contributed by atoms with Crippen molar-refractivity contribution in [1.29, 1.82) is 0 Å². The van der Waals surface area contributed by atoms with Gasteiger partial charge in [-0.15, -0.1) is 24.5 Å². The van der Waals surface area contributed by atoms with Crippen LogP contribution in [0.4, 0.5) is 28.0 Å². The Morgan fingerprint density at radius 1 is 1.25 bits per heavy atom. The molecule has 2 N–H and O–H groups in total. The third kappa shape index (κ3) is 3.88. The number of thiazole rings is 1. The Morgan fingerprint density at radius 2 is 1.97 bits per heavy atom. The molecule has 0 saturated carbocycles. The summed E-state index contributed by atoms with van der Waals surface area (Å²) in [4.78, 5) is 10.1. The molecule has 3 aromatic rings. The van der Waals surface area contributed by atoms with E-state index in [1.165, 1.54) is 6.20 Å². The van der Waals surface area contributed by atoms with Gasteiger partial charge < -0.3 is 24.5 Å². The molecular formula is C19H17F5N4O3S. The quantitative estimate of drug-likeness (QED) is 0.537. The number of nitrogens with zero attached hydrogens (tertiary/aromatic N) is 3. The van der Waals surface area contributed by atoms with Gasteiger partial charge in [0.1, 0.15) is 11.1 Å². The first-order valence-corrected chi connectivity index (χ1v) is 10.7. The zero-order valence-corrected chi connectivity index (χ0v) is 17.1. The standard InChI is InChI=1S/C19H17F5N4O3S/c20-16(21)13(29)10-5-11(17-25-3-4-32-17)14-12(15(10)31-19(22,23)24)27-18(30-14)28-6-8-1-2-9(7-28)26-8/h3-5,8-9,13,16,26,29H,1-2,6-7H2/t8?,9?,13-/m0/s1. The van der Waals surface area contributed by atoms with Crippen LogP contribution in [-0.4, -0.2) is 53.0 Å². The van der Waals surface area contributed by atoms with Gasteiger partial charge in [0.05, 0.1) is 5.56 Å². The lowest BCUT2D eigenvalue weighted by Gasteiger charge is -2.31. The largest absolute Gasteiger partial charge is 0.573 e. The number of aromatic nitrogens is 2. The number of halogens is 5. The summed E-state index contributed by atoms with van der Waals surface area (Å²) in [6.07, 6.45) is -7.69. The molecule has 2 saturated heterocycles. The average molecular weight is 476 g/mol. The number of oxazole rings is 1. The number of fused-ring (bicyclic) bond motifs is 3. The molecule has 7 nitrogen and oxygen atoms in total. The number of rotatable bonds is 5. The summed E-state index contributed by atoms with van der Waals surface area (Å²) in [5.74, 6) is -1.01. The SMILES string of the molecule is O[C@@H](c1cc(-c2nccs2)c2oc(N3CC4CCC(C3)N4)nc2c1OC(F)(F)F)C(F)F. The normalized spacial score (nSPS) is 22.2. The fraction of sp³-hybridized carbons (Fsp3) is 0.474. The number of alkyl halides is 5. The molecule has 2 fully saturated rings. The lowest BCUT2D eigenvalue weighted by Crippen LogP contribution is -2.51. The molecule has 2 aromatic heterocycles. The zero-order chi connectivity index (χ0) is 22.6. The second-order valence-electron chi connectivity index (χ2n) is 7.72. The summed E-state index contributed by atoms with van der Waals surface area (Å²) in [6, 6.07) is 1.45. The smallest absolute Gasteiger partial charge is 0.422 e. The van der Waals surface area contributed by atoms with Crippen molar-refractivity contribution in [3.8, 4) is 16.3 Å². The first-order valence-electron chi connectivity index (χ1n) is 9.80. The Labute approximate surface area is 181 Å². The van der Waals surface area contributed by atoms with E-state index in [1.54, 1.807) is 5.38 Å². The molecule has 4 heterocycles. The maximum atomic E-state index is 13.3. The van der Waals surface area contributed by atoms with Crippen LogP contribution in [0.1, 0.15) is 24.5 Å². The molecule has 0 spiro atoms. The van der Waals surface area contributed by atoms with Gasteiger partial charge in [0.15, 0.2) is 16.8 Å². The molecule has 3 atom stereocenters. The average Bonchev–Trinajstić information content (AvgIpc) is 3.46. The maximum absolute atomic E-state index is 13.3. The Balaban J connectivity index is 1.71. The number of anilines is 1. The van der Waals surface area contributed by atoms with Crippen LogP contribution in [0.2, 0.25) is 0 Å². The lowest BCUT2D eigenvalue weighted by molar-refractivity contribution is -0.274. The van der Waals surface area contributed by atoms with Crippen molar-refractivity contribution in [2.75, 3.05) is 18.0 Å². The van der Waals surface area contributed by atoms with E-state index in [9.17, 15) is 27.1 Å². The summed E-state index contributed by atoms with van der Waals surface area (Å²) in [5, 5.41) is 15.4. The molecule has 2 unspecified atom stereocenters. The molecule has 0 radical (unpaired) electrons. The number of benzene rings is 1. The molecule has 13 heteroatoms. The summed E-state index contributed by atoms with van der Waals surface area (Å²) >= 11 is 1.14. The Hall–Kier alpha value is -2.51. The minimum Gasteiger partial charge on any atom is -0.422 e. The van der Waals surface area contributed by atoms with Crippen LogP contribution in [0.25, 0.3) is 21.7 Å². The fourth-order valence-corrected chi connectivity index (χ4v) is 4.90. The van der Waals surface area contributed by atoms with E-state index in [4.69, 9.17) is 4.42 Å². The molecule has 0 amide bonds. The second-order valence-corrected chi connectivity index (χ2v) is 8.62. The van der Waals surface area contributed by atoms with Gasteiger partial charge in [-0.3, -0.25) is 0 Å². The topological polar surface area (TPSA) is 83.7 Å². The number of hydrogen-bond donors (Lipinski definition) is 2. The van der Waals surface area contributed by atoms with E-state index in [2.05, 4.69) is 20.0 Å². The van der Waals surface area contributed by atoms with Crippen molar-refractivity contribution in [3.63, 3.8) is 0 Å². The molecule has 2 aliphatic heterocycles. The minimum atomic E-state index is -5.19. The summed E-state index contributed by atoms with van der Waals surface area (Å²) < 4.78 is 76.2. The number of nitrogens with one attached hydrogen (secondary N) is 1. The van der Waals surface area contributed by atoms with Gasteiger partial charge in [0.2, 0.25) is 0 Å². The number of ether oxygens (including phenoxy) is 1. The van der Waals surface area contributed by atoms with Crippen LogP contribution in [0.5, 0.6) is 5.75 Å². The minimum absolute atomic E-state index is 0.0620. The van der Waals surface area contributed by atoms with Crippen molar-refractivity contribution >= 4 is 28.5 Å². The molecule has 5 rings (SSSR count). The van der Waals surface area contributed by atoms with Crippen molar-refractivity contribution in [1.82, 2.24) is 15.3 Å². The monoisotopic (exact) mass is 476 g/mol. The Kier molecular flexibility index (Phi) is 5.21. The van der Waals surface area contributed by atoms with Gasteiger partial charge in [0.25, 0.3) is 12.4 Å². The van der Waals surface area contributed by atoms with Crippen LogP contribution in [0.15, 0.2) is 22.1 Å². The van der Waals surface area contributed by atoms with Gasteiger partial charge in [0, 0.05) is 42.3 Å².